The van der Waals surface area contributed by atoms with Crippen LogP contribution in [0.25, 0.3) is 0 Å². The molecule has 2 aromatic carbocycles. The molecule has 1 saturated heterocycles. The third kappa shape index (κ3) is 7.33. The molecule has 4 heteroatoms. The van der Waals surface area contributed by atoms with Crippen molar-refractivity contribution in [2.45, 2.75) is 65.7 Å². The molecule has 1 heterocycles. The van der Waals surface area contributed by atoms with Crippen LogP contribution in [0.1, 0.15) is 74.1 Å². The average molecular weight is 461 g/mol. The maximum atomic E-state index is 12.7. The van der Waals surface area contributed by atoms with Crippen LogP contribution in [0.2, 0.25) is 0 Å². The Morgan fingerprint density at radius 3 is 2.68 bits per heavy atom. The van der Waals surface area contributed by atoms with E-state index in [1.165, 1.54) is 27.8 Å². The van der Waals surface area contributed by atoms with Gasteiger partial charge in [-0.15, -0.1) is 0 Å². The summed E-state index contributed by atoms with van der Waals surface area (Å²) in [6, 6.07) is 14.8. The first-order valence-corrected chi connectivity index (χ1v) is 12.6. The number of amides is 1. The number of hydrogen-bond acceptors (Lipinski definition) is 3. The van der Waals surface area contributed by atoms with Crippen LogP contribution in [0.4, 0.5) is 5.69 Å². The molecule has 34 heavy (non-hydrogen) atoms. The first kappa shape index (κ1) is 25.8. The fourth-order valence-electron chi connectivity index (χ4n) is 4.61. The second kappa shape index (κ2) is 13.1. The highest BCUT2D eigenvalue weighted by Crippen LogP contribution is 2.35. The lowest BCUT2D eigenvalue weighted by molar-refractivity contribution is -0.116. The van der Waals surface area contributed by atoms with Gasteiger partial charge in [0.05, 0.1) is 0 Å². The van der Waals surface area contributed by atoms with E-state index in [-0.39, 0.29) is 11.8 Å². The second-order valence-corrected chi connectivity index (χ2v) is 9.36. The molecule has 182 valence electrons. The summed E-state index contributed by atoms with van der Waals surface area (Å²) in [5.74, 6) is 0.786. The Bertz CT molecular complexity index is 1000. The van der Waals surface area contributed by atoms with E-state index < -0.39 is 0 Å². The van der Waals surface area contributed by atoms with E-state index in [2.05, 4.69) is 80.9 Å². The highest BCUT2D eigenvalue weighted by atomic mass is 16.5. The molecular weight excluding hydrogens is 420 g/mol. The number of allylic oxidation sites excluding steroid dienone is 2. The monoisotopic (exact) mass is 460 g/mol. The third-order valence-electron chi connectivity index (χ3n) is 6.80. The van der Waals surface area contributed by atoms with Crippen molar-refractivity contribution in [1.29, 1.82) is 0 Å². The maximum absolute atomic E-state index is 12.7. The summed E-state index contributed by atoms with van der Waals surface area (Å²) in [6.07, 6.45) is 10.8. The van der Waals surface area contributed by atoms with Crippen LogP contribution in [0.15, 0.2) is 66.5 Å². The highest BCUT2D eigenvalue weighted by molar-refractivity contribution is 5.90. The van der Waals surface area contributed by atoms with Crippen molar-refractivity contribution in [3.8, 4) is 0 Å². The van der Waals surface area contributed by atoms with Gasteiger partial charge in [0.1, 0.15) is 0 Å². The SMILES string of the molecule is CC/C=C/N/C=C(\C)C(c1cccc(NC(=O)CCC2CCOCC2)c1)c1cccc(C)c1C. The number of carbonyl (C=O) groups excluding carboxylic acids is 1. The second-order valence-electron chi connectivity index (χ2n) is 9.36. The van der Waals surface area contributed by atoms with Gasteiger partial charge in [-0.25, -0.2) is 0 Å². The van der Waals surface area contributed by atoms with Gasteiger partial charge >= 0.3 is 0 Å². The Kier molecular flexibility index (Phi) is 9.96. The Morgan fingerprint density at radius 2 is 1.91 bits per heavy atom. The van der Waals surface area contributed by atoms with Crippen LogP contribution in [-0.4, -0.2) is 19.1 Å². The van der Waals surface area contributed by atoms with E-state index in [9.17, 15) is 4.79 Å². The minimum absolute atomic E-state index is 0.0885. The zero-order valence-electron chi connectivity index (χ0n) is 21.2. The largest absolute Gasteiger partial charge is 0.381 e. The van der Waals surface area contributed by atoms with Gasteiger partial charge in [0.25, 0.3) is 0 Å². The predicted octanol–water partition coefficient (Wildman–Crippen LogP) is 7.00. The Hall–Kier alpha value is -2.85. The zero-order chi connectivity index (χ0) is 24.3. The molecule has 1 unspecified atom stereocenters. The van der Waals surface area contributed by atoms with Crippen molar-refractivity contribution in [3.63, 3.8) is 0 Å². The van der Waals surface area contributed by atoms with E-state index in [0.717, 1.165) is 44.6 Å². The molecule has 0 bridgehead atoms. The Morgan fingerprint density at radius 1 is 1.15 bits per heavy atom. The lowest BCUT2D eigenvalue weighted by Crippen LogP contribution is -2.19. The summed E-state index contributed by atoms with van der Waals surface area (Å²) < 4.78 is 5.43. The fraction of sp³-hybridized carbons (Fsp3) is 0.433. The van der Waals surface area contributed by atoms with Gasteiger partial charge < -0.3 is 15.4 Å². The molecule has 0 aliphatic carbocycles. The summed E-state index contributed by atoms with van der Waals surface area (Å²) in [7, 11) is 0. The quantitative estimate of drug-likeness (QED) is 0.401. The van der Waals surface area contributed by atoms with E-state index in [1.54, 1.807) is 0 Å². The number of anilines is 1. The molecule has 1 aliphatic rings. The van der Waals surface area contributed by atoms with E-state index in [4.69, 9.17) is 4.74 Å². The summed E-state index contributed by atoms with van der Waals surface area (Å²) in [5.41, 5.74) is 7.12. The number of nitrogens with one attached hydrogen (secondary N) is 2. The topological polar surface area (TPSA) is 50.4 Å². The minimum atomic E-state index is 0.0885. The van der Waals surface area contributed by atoms with Gasteiger partial charge in [-0.3, -0.25) is 4.79 Å². The van der Waals surface area contributed by atoms with Gasteiger partial charge in [-0.2, -0.15) is 0 Å². The molecule has 0 radical (unpaired) electrons. The molecule has 0 aromatic heterocycles. The van der Waals surface area contributed by atoms with Crippen molar-refractivity contribution in [3.05, 3.63) is 88.8 Å². The molecule has 4 nitrogen and oxygen atoms in total. The van der Waals surface area contributed by atoms with Gasteiger partial charge in [-0.05, 0) is 98.5 Å². The van der Waals surface area contributed by atoms with Gasteiger partial charge in [0.15, 0.2) is 0 Å². The average Bonchev–Trinajstić information content (AvgIpc) is 2.84. The lowest BCUT2D eigenvalue weighted by atomic mass is 9.82. The van der Waals surface area contributed by atoms with Crippen LogP contribution in [-0.2, 0) is 9.53 Å². The summed E-state index contributed by atoms with van der Waals surface area (Å²) in [4.78, 5) is 12.7. The highest BCUT2D eigenvalue weighted by Gasteiger charge is 2.20. The minimum Gasteiger partial charge on any atom is -0.381 e. The number of carbonyl (C=O) groups is 1. The predicted molar refractivity (Wildman–Crippen MR) is 142 cm³/mol. The number of rotatable bonds is 10. The molecule has 1 fully saturated rings. The summed E-state index contributed by atoms with van der Waals surface area (Å²) in [6.45, 7) is 10.3. The van der Waals surface area contributed by atoms with Crippen molar-refractivity contribution < 1.29 is 9.53 Å². The molecule has 0 saturated carbocycles. The van der Waals surface area contributed by atoms with Crippen molar-refractivity contribution >= 4 is 11.6 Å². The van der Waals surface area contributed by atoms with Gasteiger partial charge in [-0.1, -0.05) is 43.3 Å². The van der Waals surface area contributed by atoms with Gasteiger partial charge in [0.2, 0.25) is 5.91 Å². The van der Waals surface area contributed by atoms with Crippen LogP contribution in [0.5, 0.6) is 0 Å². The van der Waals surface area contributed by atoms with Crippen LogP contribution in [0, 0.1) is 19.8 Å². The maximum Gasteiger partial charge on any atom is 0.224 e. The standard InChI is InChI=1S/C30H40N2O2/c1-5-6-17-31-21-23(3)30(28-12-7-9-22(2)24(28)4)26-10-8-11-27(20-26)32-29(33)14-13-25-15-18-34-19-16-25/h6-12,17,20-21,25,30-31H,5,13-16,18-19H2,1-4H3,(H,32,33)/b17-6+,23-21+. The fourth-order valence-corrected chi connectivity index (χ4v) is 4.61. The molecule has 1 atom stereocenters. The Labute approximate surface area is 205 Å². The normalized spacial score (nSPS) is 15.9. The van der Waals surface area contributed by atoms with Crippen LogP contribution in [0.3, 0.4) is 0 Å². The van der Waals surface area contributed by atoms with Crippen molar-refractivity contribution in [1.82, 2.24) is 5.32 Å². The molecular formula is C30H40N2O2. The molecule has 3 rings (SSSR count). The van der Waals surface area contributed by atoms with Crippen LogP contribution < -0.4 is 10.6 Å². The molecule has 2 N–H and O–H groups in total. The van der Waals surface area contributed by atoms with E-state index >= 15 is 0 Å². The summed E-state index contributed by atoms with van der Waals surface area (Å²) in [5, 5.41) is 6.45. The number of benzene rings is 2. The Balaban J connectivity index is 1.80. The van der Waals surface area contributed by atoms with E-state index in [0.29, 0.717) is 12.3 Å². The van der Waals surface area contributed by atoms with E-state index in [1.807, 2.05) is 18.3 Å². The smallest absolute Gasteiger partial charge is 0.224 e. The molecule has 0 spiro atoms. The third-order valence-corrected chi connectivity index (χ3v) is 6.80. The molecule has 1 aliphatic heterocycles. The zero-order valence-corrected chi connectivity index (χ0v) is 21.2. The van der Waals surface area contributed by atoms with Crippen molar-refractivity contribution in [2.75, 3.05) is 18.5 Å². The number of ether oxygens (including phenoxy) is 1. The summed E-state index contributed by atoms with van der Waals surface area (Å²) >= 11 is 0. The van der Waals surface area contributed by atoms with Crippen LogP contribution >= 0.6 is 0 Å². The van der Waals surface area contributed by atoms with Crippen molar-refractivity contribution in [2.24, 2.45) is 5.92 Å². The molecule has 2 aromatic rings. The lowest BCUT2D eigenvalue weighted by Gasteiger charge is -2.23. The molecule has 1 amide bonds. The first-order chi connectivity index (χ1) is 16.5. The first-order valence-electron chi connectivity index (χ1n) is 12.6. The number of aryl methyl sites for hydroxylation is 1. The van der Waals surface area contributed by atoms with Gasteiger partial charge in [0, 0.05) is 37.4 Å². The number of hydrogen-bond donors (Lipinski definition) is 2.